The van der Waals surface area contributed by atoms with Crippen molar-refractivity contribution in [1.29, 1.82) is 0 Å². The summed E-state index contributed by atoms with van der Waals surface area (Å²) in [7, 11) is 0. The van der Waals surface area contributed by atoms with Crippen LogP contribution in [0.1, 0.15) is 25.5 Å². The summed E-state index contributed by atoms with van der Waals surface area (Å²) >= 11 is 5.60. The zero-order chi connectivity index (χ0) is 9.84. The molecule has 0 aromatic carbocycles. The Hall–Kier alpha value is -1.09. The molecule has 0 aliphatic carbocycles. The van der Waals surface area contributed by atoms with Crippen molar-refractivity contribution in [3.05, 3.63) is 29.0 Å². The van der Waals surface area contributed by atoms with Gasteiger partial charge in [0.2, 0.25) is 0 Å². The van der Waals surface area contributed by atoms with Crippen molar-refractivity contribution in [3.8, 4) is 0 Å². The second-order valence-corrected chi connectivity index (χ2v) is 3.05. The summed E-state index contributed by atoms with van der Waals surface area (Å²) in [6.07, 6.45) is 1.32. The van der Waals surface area contributed by atoms with E-state index in [1.165, 1.54) is 6.92 Å². The van der Waals surface area contributed by atoms with Crippen LogP contribution in [0, 0.1) is 0 Å². The molecule has 0 aliphatic rings. The zero-order valence-corrected chi connectivity index (χ0v) is 8.21. The van der Waals surface area contributed by atoms with E-state index in [-0.39, 0.29) is 12.1 Å². The van der Waals surface area contributed by atoms with Gasteiger partial charge in [0.15, 0.2) is 0 Å². The molecule has 1 heterocycles. The summed E-state index contributed by atoms with van der Waals surface area (Å²) < 4.78 is 4.95. The molecule has 0 N–H and O–H groups in total. The highest BCUT2D eigenvalue weighted by Crippen LogP contribution is 2.16. The number of hydrogen-bond acceptors (Lipinski definition) is 3. The molecule has 1 atom stereocenters. The van der Waals surface area contributed by atoms with Crippen molar-refractivity contribution in [1.82, 2.24) is 4.98 Å². The number of rotatable bonds is 2. The lowest BCUT2D eigenvalue weighted by Gasteiger charge is -2.10. The van der Waals surface area contributed by atoms with E-state index in [0.717, 1.165) is 5.56 Å². The lowest BCUT2D eigenvalue weighted by atomic mass is 10.2. The fourth-order valence-electron chi connectivity index (χ4n) is 0.945. The molecule has 1 unspecified atom stereocenters. The van der Waals surface area contributed by atoms with Crippen LogP contribution in [0.2, 0.25) is 5.15 Å². The Morgan fingerprint density at radius 2 is 2.31 bits per heavy atom. The molecule has 70 valence electrons. The number of ether oxygens (including phenoxy) is 1. The predicted octanol–water partition coefficient (Wildman–Crippen LogP) is 2.36. The molecule has 0 amide bonds. The molecule has 0 bridgehead atoms. The Kier molecular flexibility index (Phi) is 3.25. The molecule has 0 radical (unpaired) electrons. The summed E-state index contributed by atoms with van der Waals surface area (Å²) in [6.45, 7) is 3.16. The molecule has 4 heteroatoms. The normalized spacial score (nSPS) is 12.2. The minimum absolute atomic E-state index is 0.276. The molecule has 13 heavy (non-hydrogen) atoms. The van der Waals surface area contributed by atoms with Crippen molar-refractivity contribution in [2.75, 3.05) is 0 Å². The first kappa shape index (κ1) is 9.99. The summed E-state index contributed by atoms with van der Waals surface area (Å²) in [5.41, 5.74) is 0.833. The third-order valence-electron chi connectivity index (χ3n) is 1.56. The first-order valence-electron chi connectivity index (χ1n) is 3.88. The van der Waals surface area contributed by atoms with Crippen LogP contribution in [0.25, 0.3) is 0 Å². The molecule has 0 aliphatic heterocycles. The number of hydrogen-bond donors (Lipinski definition) is 0. The maximum atomic E-state index is 10.6. The van der Waals surface area contributed by atoms with Gasteiger partial charge in [0.25, 0.3) is 0 Å². The van der Waals surface area contributed by atoms with Gasteiger partial charge in [-0.3, -0.25) is 4.79 Å². The molecule has 3 nitrogen and oxygen atoms in total. The number of esters is 1. The number of carbonyl (C=O) groups is 1. The predicted molar refractivity (Wildman–Crippen MR) is 49.4 cm³/mol. The number of nitrogens with zero attached hydrogens (tertiary/aromatic N) is 1. The number of pyridine rings is 1. The van der Waals surface area contributed by atoms with E-state index >= 15 is 0 Å². The molecule has 1 aromatic heterocycles. The first-order chi connectivity index (χ1) is 6.09. The van der Waals surface area contributed by atoms with Gasteiger partial charge in [-0.15, -0.1) is 0 Å². The quantitative estimate of drug-likeness (QED) is 0.542. The molecule has 0 saturated heterocycles. The van der Waals surface area contributed by atoms with Gasteiger partial charge >= 0.3 is 5.97 Å². The summed E-state index contributed by atoms with van der Waals surface area (Å²) in [6, 6.07) is 3.44. The van der Waals surface area contributed by atoms with Crippen LogP contribution in [0.4, 0.5) is 0 Å². The highest BCUT2D eigenvalue weighted by Gasteiger charge is 2.07. The third kappa shape index (κ3) is 3.03. The van der Waals surface area contributed by atoms with Gasteiger partial charge in [-0.25, -0.2) is 4.98 Å². The third-order valence-corrected chi connectivity index (χ3v) is 1.79. The monoisotopic (exact) mass is 199 g/mol. The number of carbonyl (C=O) groups excluding carboxylic acids is 1. The Bertz CT molecular complexity index is 297. The van der Waals surface area contributed by atoms with E-state index in [1.807, 2.05) is 0 Å². The average molecular weight is 200 g/mol. The topological polar surface area (TPSA) is 39.2 Å². The molecular weight excluding hydrogens is 190 g/mol. The fourth-order valence-corrected chi connectivity index (χ4v) is 1.06. The maximum Gasteiger partial charge on any atom is 0.303 e. The summed E-state index contributed by atoms with van der Waals surface area (Å²) in [4.78, 5) is 14.5. The lowest BCUT2D eigenvalue weighted by Crippen LogP contribution is -2.04. The van der Waals surface area contributed by atoms with E-state index < -0.39 is 0 Å². The molecule has 0 fully saturated rings. The number of halogens is 1. The zero-order valence-electron chi connectivity index (χ0n) is 7.45. The first-order valence-corrected chi connectivity index (χ1v) is 4.26. The van der Waals surface area contributed by atoms with Crippen LogP contribution >= 0.6 is 11.6 Å². The Balaban J connectivity index is 2.71. The van der Waals surface area contributed by atoms with Gasteiger partial charge in [0.05, 0.1) is 0 Å². The van der Waals surface area contributed by atoms with Crippen molar-refractivity contribution in [2.24, 2.45) is 0 Å². The van der Waals surface area contributed by atoms with Gasteiger partial charge in [-0.2, -0.15) is 0 Å². The highest BCUT2D eigenvalue weighted by atomic mass is 35.5. The van der Waals surface area contributed by atoms with Crippen LogP contribution in [-0.4, -0.2) is 11.0 Å². The second-order valence-electron chi connectivity index (χ2n) is 2.67. The van der Waals surface area contributed by atoms with Crippen LogP contribution < -0.4 is 0 Å². The smallest absolute Gasteiger partial charge is 0.303 e. The van der Waals surface area contributed by atoms with Crippen LogP contribution in [0.3, 0.4) is 0 Å². The van der Waals surface area contributed by atoms with Crippen molar-refractivity contribution < 1.29 is 9.53 Å². The Morgan fingerprint density at radius 3 is 2.77 bits per heavy atom. The fraction of sp³-hybridized carbons (Fsp3) is 0.333. The summed E-state index contributed by atoms with van der Waals surface area (Å²) in [5, 5.41) is 0.429. The van der Waals surface area contributed by atoms with Crippen molar-refractivity contribution in [2.45, 2.75) is 20.0 Å². The van der Waals surface area contributed by atoms with Gasteiger partial charge < -0.3 is 4.74 Å². The molecule has 1 rings (SSSR count). The van der Waals surface area contributed by atoms with Crippen LogP contribution in [0.15, 0.2) is 18.3 Å². The lowest BCUT2D eigenvalue weighted by molar-refractivity contribution is -0.145. The number of aromatic nitrogens is 1. The van der Waals surface area contributed by atoms with Gasteiger partial charge in [0, 0.05) is 18.7 Å². The largest absolute Gasteiger partial charge is 0.458 e. The van der Waals surface area contributed by atoms with E-state index in [2.05, 4.69) is 4.98 Å². The standard InChI is InChI=1S/C9H10ClNO2/c1-6(13-7(2)12)8-3-4-9(10)11-5-8/h3-6H,1-2H3. The van der Waals surface area contributed by atoms with Gasteiger partial charge in [-0.05, 0) is 13.0 Å². The average Bonchev–Trinajstić information content (AvgIpc) is 2.04. The van der Waals surface area contributed by atoms with Crippen molar-refractivity contribution in [3.63, 3.8) is 0 Å². The maximum absolute atomic E-state index is 10.6. The Morgan fingerprint density at radius 1 is 1.62 bits per heavy atom. The van der Waals surface area contributed by atoms with E-state index in [4.69, 9.17) is 16.3 Å². The highest BCUT2D eigenvalue weighted by molar-refractivity contribution is 6.29. The van der Waals surface area contributed by atoms with E-state index in [0.29, 0.717) is 5.15 Å². The molecule has 1 aromatic rings. The minimum Gasteiger partial charge on any atom is -0.458 e. The second kappa shape index (κ2) is 4.23. The Labute approximate surface area is 81.7 Å². The molecule has 0 saturated carbocycles. The van der Waals surface area contributed by atoms with Crippen LogP contribution in [-0.2, 0) is 9.53 Å². The van der Waals surface area contributed by atoms with Gasteiger partial charge in [0.1, 0.15) is 11.3 Å². The molecular formula is C9H10ClNO2. The molecule has 0 spiro atoms. The summed E-state index contributed by atoms with van der Waals surface area (Å²) in [5.74, 6) is -0.303. The van der Waals surface area contributed by atoms with E-state index in [1.54, 1.807) is 25.3 Å². The minimum atomic E-state index is -0.303. The van der Waals surface area contributed by atoms with Gasteiger partial charge in [-0.1, -0.05) is 17.7 Å². The SMILES string of the molecule is CC(=O)OC(C)c1ccc(Cl)nc1. The van der Waals surface area contributed by atoms with Crippen molar-refractivity contribution >= 4 is 17.6 Å². The van der Waals surface area contributed by atoms with Crippen LogP contribution in [0.5, 0.6) is 0 Å². The van der Waals surface area contributed by atoms with E-state index in [9.17, 15) is 4.79 Å².